The zero-order valence-electron chi connectivity index (χ0n) is 21.8. The van der Waals surface area contributed by atoms with E-state index in [4.69, 9.17) is 27.9 Å². The highest BCUT2D eigenvalue weighted by Gasteiger charge is 2.68. The van der Waals surface area contributed by atoms with E-state index in [9.17, 15) is 24.0 Å². The van der Waals surface area contributed by atoms with Gasteiger partial charge in [0.2, 0.25) is 0 Å². The van der Waals surface area contributed by atoms with Gasteiger partial charge in [-0.25, -0.2) is 9.80 Å². The summed E-state index contributed by atoms with van der Waals surface area (Å²) in [4.78, 5) is 67.8. The number of nitrogens with zero attached hydrogens (tertiary/aromatic N) is 2. The quantitative estimate of drug-likeness (QED) is 0.113. The van der Waals surface area contributed by atoms with E-state index in [1.54, 1.807) is 17.5 Å². The fourth-order valence-electron chi connectivity index (χ4n) is 6.70. The molecule has 3 aromatic rings. The van der Waals surface area contributed by atoms with Gasteiger partial charge in [-0.2, -0.15) is 5.01 Å². The van der Waals surface area contributed by atoms with Gasteiger partial charge >= 0.3 is 5.97 Å². The predicted octanol–water partition coefficient (Wildman–Crippen LogP) is 5.57. The third-order valence-corrected chi connectivity index (χ3v) is 10.1. The largest absolute Gasteiger partial charge is 0.422 e. The summed E-state index contributed by atoms with van der Waals surface area (Å²) < 4.78 is 5.36. The van der Waals surface area contributed by atoms with Crippen LogP contribution in [0, 0.1) is 35.5 Å². The van der Waals surface area contributed by atoms with Gasteiger partial charge < -0.3 is 4.74 Å². The smallest absolute Gasteiger partial charge is 0.353 e. The lowest BCUT2D eigenvalue weighted by Gasteiger charge is -2.37. The zero-order chi connectivity index (χ0) is 29.3. The number of benzene rings is 2. The summed E-state index contributed by atoms with van der Waals surface area (Å²) in [6, 6.07) is 13.5. The number of allylic oxidation sites excluding steroid dienone is 2. The number of Topliss-reactive ketones (excluding diaryl/α,β-unsaturated/α-hetero) is 1. The van der Waals surface area contributed by atoms with Crippen LogP contribution in [0.4, 0.5) is 0 Å². The van der Waals surface area contributed by atoms with E-state index in [-0.39, 0.29) is 33.7 Å². The molecule has 8 nitrogen and oxygen atoms in total. The van der Waals surface area contributed by atoms with Gasteiger partial charge in [-0.05, 0) is 84.0 Å². The molecule has 2 aromatic carbocycles. The first-order valence-corrected chi connectivity index (χ1v) is 15.1. The average Bonchev–Trinajstić information content (AvgIpc) is 3.54. The summed E-state index contributed by atoms with van der Waals surface area (Å²) in [5.74, 6) is -2.99. The number of amides is 3. The van der Waals surface area contributed by atoms with E-state index < -0.39 is 47.9 Å². The van der Waals surface area contributed by atoms with Crippen molar-refractivity contribution >= 4 is 64.0 Å². The summed E-state index contributed by atoms with van der Waals surface area (Å²) >= 11 is 13.6. The van der Waals surface area contributed by atoms with Crippen LogP contribution in [0.15, 0.2) is 72.1 Å². The Bertz CT molecular complexity index is 1650. The van der Waals surface area contributed by atoms with Crippen LogP contribution in [0.5, 0.6) is 5.75 Å². The maximum absolute atomic E-state index is 13.9. The molecular weight excluding hydrogens is 599 g/mol. The average molecular weight is 621 g/mol. The van der Waals surface area contributed by atoms with Crippen molar-refractivity contribution in [3.05, 3.63) is 98.2 Å². The minimum atomic E-state index is -0.766. The molecule has 1 aromatic heterocycles. The lowest BCUT2D eigenvalue weighted by molar-refractivity contribution is -0.154. The fourth-order valence-corrected chi connectivity index (χ4v) is 7.79. The first-order valence-electron chi connectivity index (χ1n) is 13.4. The van der Waals surface area contributed by atoms with E-state index in [0.29, 0.717) is 21.7 Å². The van der Waals surface area contributed by atoms with Crippen molar-refractivity contribution in [1.29, 1.82) is 0 Å². The highest BCUT2D eigenvalue weighted by molar-refractivity contribution is 7.12. The minimum absolute atomic E-state index is 0.00381. The lowest BCUT2D eigenvalue weighted by atomic mass is 9.63. The van der Waals surface area contributed by atoms with Gasteiger partial charge in [-0.15, -0.1) is 11.3 Å². The molecule has 3 fully saturated rings. The SMILES string of the molecule is O=C(CN(C(=O)c1ccc(Cl)cc1Cl)N1C(=O)[C@@H]2[C@H]3C=C[C@@H]([C@@H]4C[C@@H]34)[C@H]2C1=O)c1ccc(OC(=O)c2cccs2)cc1. The second-order valence-corrected chi connectivity index (χ2v) is 12.7. The number of carbonyl (C=O) groups is 5. The standard InChI is InChI=1S/C31H22Cl2N2O6S/c32-16-5-8-20(23(33)12-16)28(37)34(35-29(38)26-18-9-10-19(22-13-21(18)22)27(26)30(35)39)14-24(36)15-3-6-17(7-4-15)41-31(40)25-2-1-11-42-25/h1-12,18-19,21-22,26-27H,13-14H2/t18-,19-,21-,22-,26+,27+/m0/s1. The maximum Gasteiger partial charge on any atom is 0.353 e. The number of rotatable bonds is 7. The Hall–Kier alpha value is -3.79. The lowest BCUT2D eigenvalue weighted by Crippen LogP contribution is -2.52. The van der Waals surface area contributed by atoms with Crippen LogP contribution in [-0.4, -0.2) is 46.0 Å². The summed E-state index contributed by atoms with van der Waals surface area (Å²) in [6.45, 7) is -0.585. The van der Waals surface area contributed by atoms with Crippen molar-refractivity contribution in [3.63, 3.8) is 0 Å². The van der Waals surface area contributed by atoms with Gasteiger partial charge in [0.05, 0.1) is 22.4 Å². The van der Waals surface area contributed by atoms with E-state index in [1.807, 2.05) is 12.2 Å². The molecular formula is C31H22Cl2N2O6S. The monoisotopic (exact) mass is 620 g/mol. The number of hydrazine groups is 1. The second-order valence-electron chi connectivity index (χ2n) is 10.9. The number of hydrogen-bond acceptors (Lipinski definition) is 7. The molecule has 1 aliphatic heterocycles. The summed E-state index contributed by atoms with van der Waals surface area (Å²) in [6.07, 6.45) is 5.07. The molecule has 0 N–H and O–H groups in total. The van der Waals surface area contributed by atoms with Crippen molar-refractivity contribution in [2.24, 2.45) is 35.5 Å². The number of imide groups is 1. The topological polar surface area (TPSA) is 101 Å². The Balaban J connectivity index is 1.17. The number of esters is 1. The van der Waals surface area contributed by atoms with E-state index in [0.717, 1.165) is 16.4 Å². The third kappa shape index (κ3) is 4.38. The molecule has 1 saturated heterocycles. The number of hydrogen-bond donors (Lipinski definition) is 0. The normalized spacial score (nSPS) is 26.6. The first kappa shape index (κ1) is 27.1. The number of ketones is 1. The Morgan fingerprint density at radius 3 is 2.19 bits per heavy atom. The zero-order valence-corrected chi connectivity index (χ0v) is 24.1. The summed E-state index contributed by atoms with van der Waals surface area (Å²) in [5.41, 5.74) is 0.203. The second kappa shape index (κ2) is 10.2. The molecule has 2 saturated carbocycles. The van der Waals surface area contributed by atoms with Gasteiger partial charge in [-0.3, -0.25) is 19.2 Å². The molecule has 0 radical (unpaired) electrons. The molecule has 0 spiro atoms. The molecule has 42 heavy (non-hydrogen) atoms. The number of ether oxygens (including phenoxy) is 1. The van der Waals surface area contributed by atoms with Crippen molar-refractivity contribution in [2.45, 2.75) is 6.42 Å². The Morgan fingerprint density at radius 1 is 0.929 bits per heavy atom. The third-order valence-electron chi connectivity index (χ3n) is 8.68. The van der Waals surface area contributed by atoms with Crippen molar-refractivity contribution < 1.29 is 28.7 Å². The van der Waals surface area contributed by atoms with Gasteiger partial charge in [0.1, 0.15) is 17.2 Å². The molecule has 6 atom stereocenters. The van der Waals surface area contributed by atoms with Crippen LogP contribution in [-0.2, 0) is 9.59 Å². The molecule has 212 valence electrons. The van der Waals surface area contributed by atoms with Crippen LogP contribution in [0.1, 0.15) is 36.8 Å². The number of carbonyl (C=O) groups excluding carboxylic acids is 5. The molecule has 2 heterocycles. The molecule has 2 bridgehead atoms. The Morgan fingerprint density at radius 2 is 1.60 bits per heavy atom. The molecule has 4 aliphatic carbocycles. The van der Waals surface area contributed by atoms with Crippen LogP contribution < -0.4 is 4.74 Å². The molecule has 5 aliphatic rings. The summed E-state index contributed by atoms with van der Waals surface area (Å²) in [5, 5.41) is 3.88. The Labute approximate surface area is 254 Å². The van der Waals surface area contributed by atoms with E-state index >= 15 is 0 Å². The fraction of sp³-hybridized carbons (Fsp3) is 0.258. The van der Waals surface area contributed by atoms with Crippen LogP contribution >= 0.6 is 34.5 Å². The molecule has 11 heteroatoms. The van der Waals surface area contributed by atoms with Crippen molar-refractivity contribution in [3.8, 4) is 5.75 Å². The number of halogens is 2. The Kier molecular flexibility index (Phi) is 6.56. The highest BCUT2D eigenvalue weighted by atomic mass is 35.5. The molecule has 0 unspecified atom stereocenters. The first-order chi connectivity index (χ1) is 20.2. The van der Waals surface area contributed by atoms with Gasteiger partial charge in [0.15, 0.2) is 5.78 Å². The van der Waals surface area contributed by atoms with Gasteiger partial charge in [0, 0.05) is 10.6 Å². The van der Waals surface area contributed by atoms with Crippen LogP contribution in [0.2, 0.25) is 10.0 Å². The van der Waals surface area contributed by atoms with Crippen molar-refractivity contribution in [2.75, 3.05) is 6.54 Å². The highest BCUT2D eigenvalue weighted by Crippen LogP contribution is 2.65. The van der Waals surface area contributed by atoms with Gasteiger partial charge in [-0.1, -0.05) is 41.4 Å². The van der Waals surface area contributed by atoms with E-state index in [1.165, 1.54) is 53.8 Å². The van der Waals surface area contributed by atoms with Gasteiger partial charge in [0.25, 0.3) is 17.7 Å². The predicted molar refractivity (Wildman–Crippen MR) is 154 cm³/mol. The molecule has 3 amide bonds. The molecule has 8 rings (SSSR count). The van der Waals surface area contributed by atoms with Crippen molar-refractivity contribution in [1.82, 2.24) is 10.0 Å². The van der Waals surface area contributed by atoms with E-state index in [2.05, 4.69) is 0 Å². The summed E-state index contributed by atoms with van der Waals surface area (Å²) in [7, 11) is 0. The minimum Gasteiger partial charge on any atom is -0.422 e. The maximum atomic E-state index is 13.9. The van der Waals surface area contributed by atoms with Crippen LogP contribution in [0.25, 0.3) is 0 Å². The van der Waals surface area contributed by atoms with Crippen LogP contribution in [0.3, 0.4) is 0 Å². The number of thiophene rings is 1.